The Morgan fingerprint density at radius 2 is 2.05 bits per heavy atom. The molecule has 0 unspecified atom stereocenters. The molecule has 112 valence electrons. The summed E-state index contributed by atoms with van der Waals surface area (Å²) in [5.74, 6) is 1.01. The van der Waals surface area contributed by atoms with Crippen LogP contribution in [0.3, 0.4) is 0 Å². The molecule has 1 aromatic heterocycles. The average Bonchev–Trinajstić information content (AvgIpc) is 2.51. The number of benzene rings is 1. The van der Waals surface area contributed by atoms with Gasteiger partial charge in [0.1, 0.15) is 5.82 Å². The molecule has 5 heteroatoms. The molecule has 0 aliphatic rings. The molecule has 2 aromatic rings. The molecular formula is C16H19FN2O2. The Hall–Kier alpha value is -2.14. The SMILES string of the molecule is COc1ccnc(CN[C@@H](C)c2cccc(F)c2)c1OC. The first-order valence-electron chi connectivity index (χ1n) is 6.70. The summed E-state index contributed by atoms with van der Waals surface area (Å²) in [6.07, 6.45) is 1.67. The standard InChI is InChI=1S/C16H19FN2O2/c1-11(12-5-4-6-13(17)9-12)19-10-14-16(21-3)15(20-2)7-8-18-14/h4-9,11,19H,10H2,1-3H3/t11-/m0/s1. The summed E-state index contributed by atoms with van der Waals surface area (Å²) in [5, 5.41) is 3.30. The second-order valence-corrected chi connectivity index (χ2v) is 4.65. The molecule has 0 aliphatic carbocycles. The van der Waals surface area contributed by atoms with E-state index in [1.54, 1.807) is 32.5 Å². The van der Waals surface area contributed by atoms with Crippen LogP contribution < -0.4 is 14.8 Å². The van der Waals surface area contributed by atoms with Gasteiger partial charge in [-0.05, 0) is 24.6 Å². The third kappa shape index (κ3) is 3.70. The van der Waals surface area contributed by atoms with Crippen LogP contribution >= 0.6 is 0 Å². The maximum atomic E-state index is 13.2. The van der Waals surface area contributed by atoms with Crippen LogP contribution in [-0.2, 0) is 6.54 Å². The summed E-state index contributed by atoms with van der Waals surface area (Å²) >= 11 is 0. The van der Waals surface area contributed by atoms with Gasteiger partial charge in [-0.15, -0.1) is 0 Å². The zero-order valence-electron chi connectivity index (χ0n) is 12.4. The Kier molecular flexibility index (Phi) is 5.11. The highest BCUT2D eigenvalue weighted by molar-refractivity contribution is 5.42. The Bertz CT molecular complexity index is 605. The van der Waals surface area contributed by atoms with Crippen molar-refractivity contribution < 1.29 is 13.9 Å². The number of nitrogens with zero attached hydrogens (tertiary/aromatic N) is 1. The van der Waals surface area contributed by atoms with Crippen LogP contribution in [0.4, 0.5) is 4.39 Å². The van der Waals surface area contributed by atoms with Gasteiger partial charge >= 0.3 is 0 Å². The van der Waals surface area contributed by atoms with Gasteiger partial charge in [-0.2, -0.15) is 0 Å². The fourth-order valence-corrected chi connectivity index (χ4v) is 2.12. The monoisotopic (exact) mass is 290 g/mol. The van der Waals surface area contributed by atoms with Gasteiger partial charge in [0.15, 0.2) is 11.5 Å². The van der Waals surface area contributed by atoms with Crippen molar-refractivity contribution in [2.75, 3.05) is 14.2 Å². The second kappa shape index (κ2) is 7.04. The summed E-state index contributed by atoms with van der Waals surface area (Å²) in [6.45, 7) is 2.47. The minimum absolute atomic E-state index is 0.00147. The van der Waals surface area contributed by atoms with Crippen LogP contribution in [0, 0.1) is 5.82 Å². The third-order valence-electron chi connectivity index (χ3n) is 3.29. The Morgan fingerprint density at radius 3 is 2.71 bits per heavy atom. The van der Waals surface area contributed by atoms with Crippen molar-refractivity contribution >= 4 is 0 Å². The smallest absolute Gasteiger partial charge is 0.183 e. The van der Waals surface area contributed by atoms with Gasteiger partial charge in [0, 0.05) is 24.8 Å². The molecule has 1 aromatic carbocycles. The first kappa shape index (κ1) is 15.3. The minimum atomic E-state index is -0.238. The topological polar surface area (TPSA) is 43.4 Å². The van der Waals surface area contributed by atoms with Crippen LogP contribution in [0.2, 0.25) is 0 Å². The highest BCUT2D eigenvalue weighted by atomic mass is 19.1. The molecule has 0 spiro atoms. The molecule has 0 bridgehead atoms. The summed E-state index contributed by atoms with van der Waals surface area (Å²) in [5.41, 5.74) is 1.64. The normalized spacial score (nSPS) is 12.0. The highest BCUT2D eigenvalue weighted by Crippen LogP contribution is 2.29. The number of halogens is 1. The predicted octanol–water partition coefficient (Wildman–Crippen LogP) is 3.09. The molecule has 4 nitrogen and oxygen atoms in total. The summed E-state index contributed by atoms with van der Waals surface area (Å²) in [6, 6.07) is 8.29. The van der Waals surface area contributed by atoms with Gasteiger partial charge in [-0.3, -0.25) is 4.98 Å². The van der Waals surface area contributed by atoms with E-state index in [1.165, 1.54) is 12.1 Å². The second-order valence-electron chi connectivity index (χ2n) is 4.65. The zero-order chi connectivity index (χ0) is 15.2. The summed E-state index contributed by atoms with van der Waals surface area (Å²) in [7, 11) is 3.17. The lowest BCUT2D eigenvalue weighted by Crippen LogP contribution is -2.19. The Balaban J connectivity index is 2.09. The number of hydrogen-bond acceptors (Lipinski definition) is 4. The predicted molar refractivity (Wildman–Crippen MR) is 79.0 cm³/mol. The maximum Gasteiger partial charge on any atom is 0.183 e. The lowest BCUT2D eigenvalue weighted by Gasteiger charge is -2.16. The van der Waals surface area contributed by atoms with Gasteiger partial charge in [-0.25, -0.2) is 4.39 Å². The van der Waals surface area contributed by atoms with Crippen LogP contribution in [0.1, 0.15) is 24.2 Å². The van der Waals surface area contributed by atoms with E-state index in [4.69, 9.17) is 9.47 Å². The van der Waals surface area contributed by atoms with E-state index in [9.17, 15) is 4.39 Å². The molecule has 0 aliphatic heterocycles. The number of methoxy groups -OCH3 is 2. The largest absolute Gasteiger partial charge is 0.493 e. The number of aromatic nitrogens is 1. The maximum absolute atomic E-state index is 13.2. The zero-order valence-corrected chi connectivity index (χ0v) is 12.4. The summed E-state index contributed by atoms with van der Waals surface area (Å²) in [4.78, 5) is 4.30. The van der Waals surface area contributed by atoms with Crippen molar-refractivity contribution in [2.45, 2.75) is 19.5 Å². The van der Waals surface area contributed by atoms with Gasteiger partial charge in [0.2, 0.25) is 0 Å². The van der Waals surface area contributed by atoms with Crippen molar-refractivity contribution in [3.8, 4) is 11.5 Å². The molecule has 1 atom stereocenters. The Labute approximate surface area is 123 Å². The number of pyridine rings is 1. The third-order valence-corrected chi connectivity index (χ3v) is 3.29. The van der Waals surface area contributed by atoms with Gasteiger partial charge in [0.05, 0.1) is 19.9 Å². The first-order valence-corrected chi connectivity index (χ1v) is 6.70. The molecule has 2 rings (SSSR count). The van der Waals surface area contributed by atoms with E-state index in [-0.39, 0.29) is 11.9 Å². The molecule has 0 saturated carbocycles. The lowest BCUT2D eigenvalue weighted by molar-refractivity contribution is 0.347. The fraction of sp³-hybridized carbons (Fsp3) is 0.312. The molecule has 0 radical (unpaired) electrons. The van der Waals surface area contributed by atoms with Crippen molar-refractivity contribution in [1.29, 1.82) is 0 Å². The van der Waals surface area contributed by atoms with Crippen molar-refractivity contribution in [3.05, 3.63) is 53.6 Å². The highest BCUT2D eigenvalue weighted by Gasteiger charge is 2.12. The van der Waals surface area contributed by atoms with E-state index < -0.39 is 0 Å². The number of ether oxygens (including phenoxy) is 2. The van der Waals surface area contributed by atoms with Crippen LogP contribution in [0.25, 0.3) is 0 Å². The van der Waals surface area contributed by atoms with E-state index in [0.717, 1.165) is 11.3 Å². The van der Waals surface area contributed by atoms with Gasteiger partial charge < -0.3 is 14.8 Å². The number of nitrogens with one attached hydrogen (secondary N) is 1. The summed E-state index contributed by atoms with van der Waals surface area (Å²) < 4.78 is 23.8. The van der Waals surface area contributed by atoms with Gasteiger partial charge in [-0.1, -0.05) is 12.1 Å². The van der Waals surface area contributed by atoms with Crippen LogP contribution in [0.15, 0.2) is 36.5 Å². The first-order chi connectivity index (χ1) is 10.2. The van der Waals surface area contributed by atoms with Crippen LogP contribution in [0.5, 0.6) is 11.5 Å². The minimum Gasteiger partial charge on any atom is -0.493 e. The van der Waals surface area contributed by atoms with Crippen molar-refractivity contribution in [2.24, 2.45) is 0 Å². The molecular weight excluding hydrogens is 271 g/mol. The van der Waals surface area contributed by atoms with E-state index >= 15 is 0 Å². The van der Waals surface area contributed by atoms with Crippen molar-refractivity contribution in [3.63, 3.8) is 0 Å². The molecule has 0 amide bonds. The molecule has 1 N–H and O–H groups in total. The lowest BCUT2D eigenvalue weighted by atomic mass is 10.1. The fourth-order valence-electron chi connectivity index (χ4n) is 2.12. The quantitative estimate of drug-likeness (QED) is 0.888. The van der Waals surface area contributed by atoms with Crippen molar-refractivity contribution in [1.82, 2.24) is 10.3 Å². The average molecular weight is 290 g/mol. The van der Waals surface area contributed by atoms with Gasteiger partial charge in [0.25, 0.3) is 0 Å². The van der Waals surface area contributed by atoms with E-state index in [1.807, 2.05) is 13.0 Å². The number of rotatable bonds is 6. The number of hydrogen-bond donors (Lipinski definition) is 1. The van der Waals surface area contributed by atoms with E-state index in [2.05, 4.69) is 10.3 Å². The van der Waals surface area contributed by atoms with E-state index in [0.29, 0.717) is 18.0 Å². The van der Waals surface area contributed by atoms with Crippen LogP contribution in [-0.4, -0.2) is 19.2 Å². The molecule has 21 heavy (non-hydrogen) atoms. The molecule has 0 saturated heterocycles. The molecule has 0 fully saturated rings. The Morgan fingerprint density at radius 1 is 1.24 bits per heavy atom. The molecule has 1 heterocycles.